The number of hydrogen-bond acceptors (Lipinski definition) is 4. The van der Waals surface area contributed by atoms with Crippen molar-refractivity contribution in [2.24, 2.45) is 0 Å². The Kier molecular flexibility index (Phi) is 7.53. The third-order valence-electron chi connectivity index (χ3n) is 5.19. The Hall–Kier alpha value is -3.38. The Morgan fingerprint density at radius 3 is 2.38 bits per heavy atom. The molecule has 0 bridgehead atoms. The van der Waals surface area contributed by atoms with Gasteiger partial charge in [-0.2, -0.15) is 0 Å². The quantitative estimate of drug-likeness (QED) is 0.256. The fourth-order valence-corrected chi connectivity index (χ4v) is 3.42. The van der Waals surface area contributed by atoms with Crippen LogP contribution < -0.4 is 21.5 Å². The summed E-state index contributed by atoms with van der Waals surface area (Å²) >= 11 is 0. The Morgan fingerprint density at radius 2 is 1.59 bits per heavy atom. The largest absolute Gasteiger partial charge is 0.352 e. The number of carbonyl (C=O) groups excluding carboxylic acids is 2. The predicted molar refractivity (Wildman–Crippen MR) is 131 cm³/mol. The number of fused-ring (bicyclic) bond motifs is 1. The molecule has 4 N–H and O–H groups in total. The lowest BCUT2D eigenvalue weighted by Crippen LogP contribution is -2.30. The van der Waals surface area contributed by atoms with Crippen LogP contribution in [0, 0.1) is 0 Å². The first kappa shape index (κ1) is 19.3. The van der Waals surface area contributed by atoms with Crippen LogP contribution in [0.3, 0.4) is 0 Å². The molecule has 0 aliphatic rings. The summed E-state index contributed by atoms with van der Waals surface area (Å²) in [6, 6.07) is 20.9. The number of benzene rings is 3. The maximum atomic E-state index is 12.3. The third-order valence-corrected chi connectivity index (χ3v) is 5.19. The molecule has 0 unspecified atom stereocenters. The molecule has 0 fully saturated rings. The highest BCUT2D eigenvalue weighted by atomic mass is 16.2. The molecule has 6 nitrogen and oxygen atoms in total. The fourth-order valence-electron chi connectivity index (χ4n) is 3.42. The van der Waals surface area contributed by atoms with Gasteiger partial charge in [-0.3, -0.25) is 20.4 Å². The van der Waals surface area contributed by atoms with Gasteiger partial charge in [0, 0.05) is 16.2 Å². The Bertz CT molecular complexity index is 1120. The van der Waals surface area contributed by atoms with E-state index in [9.17, 15) is 9.59 Å². The molecule has 0 aliphatic heterocycles. The van der Waals surface area contributed by atoms with E-state index in [1.54, 1.807) is 24.3 Å². The number of carbonyl (C=O) groups is 2. The highest BCUT2D eigenvalue weighted by Crippen LogP contribution is 2.16. The lowest BCUT2D eigenvalue weighted by molar-refractivity contribution is -0.119. The Balaban J connectivity index is 1.33. The summed E-state index contributed by atoms with van der Waals surface area (Å²) in [7, 11) is 0. The van der Waals surface area contributed by atoms with E-state index < -0.39 is 6.98 Å². The molecular weight excluding hydrogens is 400 g/mol. The van der Waals surface area contributed by atoms with E-state index in [4.69, 9.17) is 4.11 Å². The summed E-state index contributed by atoms with van der Waals surface area (Å²) in [4.78, 5) is 24.6. The van der Waals surface area contributed by atoms with Gasteiger partial charge in [-0.1, -0.05) is 55.3 Å². The van der Waals surface area contributed by atoms with Gasteiger partial charge in [0.1, 0.15) is 0 Å². The summed E-state index contributed by atoms with van der Waals surface area (Å²) in [5.41, 5.74) is 7.73. The molecule has 3 aromatic carbocycles. The van der Waals surface area contributed by atoms with E-state index in [1.165, 1.54) is 0 Å². The molecule has 0 saturated heterocycles. The van der Waals surface area contributed by atoms with Crippen molar-refractivity contribution in [1.82, 2.24) is 16.1 Å². The second-order valence-corrected chi connectivity index (χ2v) is 7.71. The summed E-state index contributed by atoms with van der Waals surface area (Å²) in [6.07, 6.45) is 3.72. The monoisotopic (exact) mass is 435 g/mol. The third kappa shape index (κ3) is 7.39. The molecule has 168 valence electrons. The van der Waals surface area contributed by atoms with E-state index in [2.05, 4.69) is 21.5 Å². The molecule has 0 saturated carbocycles. The molecule has 0 spiro atoms. The highest BCUT2D eigenvalue weighted by Gasteiger charge is 2.06. The number of hydrazine groups is 1. The zero-order valence-electron chi connectivity index (χ0n) is 21.1. The number of rotatable bonds is 12. The molecule has 0 aliphatic carbocycles. The van der Waals surface area contributed by atoms with Gasteiger partial charge < -0.3 is 10.6 Å². The van der Waals surface area contributed by atoms with Gasteiger partial charge in [0.2, 0.25) is 5.91 Å². The standard InChI is InChI=1S/C26H32N4O2/c1-27-16-6-2-3-7-17-28-26(32)22-12-14-24(15-13-22)29-30-25(31)19-20-10-11-21-8-4-5-9-23(21)18-20/h4-5,8-15,18,27,29H,2-3,6-7,16-17,19H2,1H3,(H,28,32)(H,30,31)/i1D3. The van der Waals surface area contributed by atoms with E-state index in [0.717, 1.165) is 42.0 Å². The smallest absolute Gasteiger partial charge is 0.251 e. The van der Waals surface area contributed by atoms with Crippen LogP contribution in [0.25, 0.3) is 10.8 Å². The Morgan fingerprint density at radius 1 is 0.844 bits per heavy atom. The molecule has 0 heterocycles. The van der Waals surface area contributed by atoms with Crippen LogP contribution in [0.15, 0.2) is 66.7 Å². The number of anilines is 1. The average Bonchev–Trinajstić information content (AvgIpc) is 2.84. The van der Waals surface area contributed by atoms with Gasteiger partial charge in [-0.05, 0) is 67.0 Å². The summed E-state index contributed by atoms with van der Waals surface area (Å²) < 4.78 is 21.2. The van der Waals surface area contributed by atoms with Gasteiger partial charge in [0.05, 0.1) is 12.1 Å². The lowest BCUT2D eigenvalue weighted by Gasteiger charge is -2.10. The molecule has 0 atom stereocenters. The number of unbranched alkanes of at least 4 members (excludes halogenated alkanes) is 3. The zero-order chi connectivity index (χ0) is 25.1. The number of hydrogen-bond donors (Lipinski definition) is 4. The molecule has 0 radical (unpaired) electrons. The maximum Gasteiger partial charge on any atom is 0.251 e. The summed E-state index contributed by atoms with van der Waals surface area (Å²) in [5.74, 6) is -0.308. The summed E-state index contributed by atoms with van der Waals surface area (Å²) in [6.45, 7) is -1.05. The van der Waals surface area contributed by atoms with Crippen molar-refractivity contribution >= 4 is 28.3 Å². The molecule has 0 aromatic heterocycles. The topological polar surface area (TPSA) is 82.3 Å². The van der Waals surface area contributed by atoms with Crippen LogP contribution in [-0.2, 0) is 11.2 Å². The molecule has 6 heteroatoms. The SMILES string of the molecule is [2H]C([2H])([2H])NCCCCCCNC(=O)c1ccc(NNC(=O)Cc2ccc3ccccc3c2)cc1. The molecule has 2 amide bonds. The van der Waals surface area contributed by atoms with E-state index >= 15 is 0 Å². The van der Waals surface area contributed by atoms with E-state index in [0.29, 0.717) is 24.3 Å². The Labute approximate surface area is 194 Å². The minimum atomic E-state index is -2.08. The van der Waals surface area contributed by atoms with Crippen molar-refractivity contribution in [3.05, 3.63) is 77.9 Å². The first-order valence-corrected chi connectivity index (χ1v) is 11.0. The second kappa shape index (κ2) is 12.5. The van der Waals surface area contributed by atoms with Crippen LogP contribution in [-0.4, -0.2) is 31.9 Å². The van der Waals surface area contributed by atoms with Crippen molar-refractivity contribution < 1.29 is 13.7 Å². The van der Waals surface area contributed by atoms with Crippen molar-refractivity contribution in [2.75, 3.05) is 25.5 Å². The second-order valence-electron chi connectivity index (χ2n) is 7.71. The average molecular weight is 436 g/mol. The number of nitrogens with one attached hydrogen (secondary N) is 4. The van der Waals surface area contributed by atoms with Crippen molar-refractivity contribution in [1.29, 1.82) is 0 Å². The van der Waals surface area contributed by atoms with E-state index in [-0.39, 0.29) is 18.2 Å². The molecule has 3 aromatic rings. The predicted octanol–water partition coefficient (Wildman–Crippen LogP) is 4.04. The van der Waals surface area contributed by atoms with Crippen molar-refractivity contribution in [3.8, 4) is 0 Å². The van der Waals surface area contributed by atoms with Crippen LogP contribution >= 0.6 is 0 Å². The van der Waals surface area contributed by atoms with Gasteiger partial charge >= 0.3 is 0 Å². The first-order valence-electron chi connectivity index (χ1n) is 12.5. The summed E-state index contributed by atoms with van der Waals surface area (Å²) in [5, 5.41) is 7.62. The fraction of sp³-hybridized carbons (Fsp3) is 0.308. The maximum absolute atomic E-state index is 12.3. The van der Waals surface area contributed by atoms with Gasteiger partial charge in [0.25, 0.3) is 5.91 Å². The van der Waals surface area contributed by atoms with E-state index in [1.807, 2.05) is 42.5 Å². The molecule has 32 heavy (non-hydrogen) atoms. The minimum Gasteiger partial charge on any atom is -0.352 e. The molecule has 3 rings (SSSR count). The molecular formula is C26H32N4O2. The van der Waals surface area contributed by atoms with Crippen LogP contribution in [0.2, 0.25) is 0 Å². The highest BCUT2D eigenvalue weighted by molar-refractivity contribution is 5.94. The van der Waals surface area contributed by atoms with Gasteiger partial charge in [0.15, 0.2) is 0 Å². The minimum absolute atomic E-state index is 0.152. The zero-order valence-corrected chi connectivity index (χ0v) is 18.1. The van der Waals surface area contributed by atoms with Crippen molar-refractivity contribution in [2.45, 2.75) is 32.1 Å². The van der Waals surface area contributed by atoms with Crippen LogP contribution in [0.5, 0.6) is 0 Å². The normalized spacial score (nSPS) is 12.4. The lowest BCUT2D eigenvalue weighted by atomic mass is 10.1. The van der Waals surface area contributed by atoms with Gasteiger partial charge in [-0.15, -0.1) is 0 Å². The van der Waals surface area contributed by atoms with Crippen LogP contribution in [0.1, 0.15) is 45.7 Å². The van der Waals surface area contributed by atoms with Crippen molar-refractivity contribution in [3.63, 3.8) is 0 Å². The number of amides is 2. The first-order chi connectivity index (χ1) is 16.8. The van der Waals surface area contributed by atoms with Gasteiger partial charge in [-0.25, -0.2) is 0 Å². The van der Waals surface area contributed by atoms with Crippen LogP contribution in [0.4, 0.5) is 5.69 Å².